The number of anilines is 2. The number of nitrogens with one attached hydrogen (secondary N) is 1. The Morgan fingerprint density at radius 2 is 2.00 bits per heavy atom. The third-order valence-corrected chi connectivity index (χ3v) is 5.74. The molecule has 3 aromatic heterocycles. The number of fused-ring (bicyclic) bond motifs is 2. The lowest BCUT2D eigenvalue weighted by atomic mass is 10.2. The van der Waals surface area contributed by atoms with Crippen LogP contribution in [0.5, 0.6) is 0 Å². The Morgan fingerprint density at radius 3 is 2.68 bits per heavy atom. The minimum Gasteiger partial charge on any atom is -0.353 e. The minimum absolute atomic E-state index is 0. The zero-order valence-corrected chi connectivity index (χ0v) is 19.1. The Labute approximate surface area is 196 Å². The average Bonchev–Trinajstić information content (AvgIpc) is 3.28. The molecule has 3 N–H and O–H groups in total. The maximum absolute atomic E-state index is 13.1. The van der Waals surface area contributed by atoms with Crippen LogP contribution in [0, 0.1) is 0 Å². The van der Waals surface area contributed by atoms with E-state index in [4.69, 9.17) is 5.73 Å². The summed E-state index contributed by atoms with van der Waals surface area (Å²) in [6.07, 6.45) is -2.56. The second kappa shape index (κ2) is 10.2. The van der Waals surface area contributed by atoms with Gasteiger partial charge in [0.2, 0.25) is 11.8 Å². The zero-order valence-electron chi connectivity index (χ0n) is 16.6. The van der Waals surface area contributed by atoms with Gasteiger partial charge in [0.15, 0.2) is 5.82 Å². The van der Waals surface area contributed by atoms with Gasteiger partial charge in [-0.25, -0.2) is 4.98 Å². The largest absolute Gasteiger partial charge is 0.451 e. The van der Waals surface area contributed by atoms with Gasteiger partial charge in [-0.05, 0) is 12.5 Å². The first kappa shape index (κ1) is 25.4. The molecule has 0 saturated heterocycles. The van der Waals surface area contributed by atoms with Crippen molar-refractivity contribution < 1.29 is 16.0 Å². The molecular formula is C17H27Cl2F3N8S. The second-order valence-electron chi connectivity index (χ2n) is 6.78. The van der Waals surface area contributed by atoms with E-state index in [9.17, 15) is 13.2 Å². The Morgan fingerprint density at radius 1 is 1.23 bits per heavy atom. The van der Waals surface area contributed by atoms with Crippen LogP contribution < -0.4 is 16.0 Å². The third kappa shape index (κ3) is 5.13. The summed E-state index contributed by atoms with van der Waals surface area (Å²) in [4.78, 5) is 13.2. The van der Waals surface area contributed by atoms with Gasteiger partial charge in [0, 0.05) is 33.9 Å². The number of thiophene rings is 1. The van der Waals surface area contributed by atoms with Crippen LogP contribution >= 0.6 is 36.2 Å². The number of nitrogens with two attached hydrogens (primary N) is 1. The Hall–Kier alpha value is -1.89. The van der Waals surface area contributed by atoms with Crippen LogP contribution in [0.4, 0.5) is 24.9 Å². The lowest BCUT2D eigenvalue weighted by Crippen LogP contribution is -2.36. The molecule has 0 aliphatic carbocycles. The number of halogens is 5. The molecule has 4 rings (SSSR count). The third-order valence-electron chi connectivity index (χ3n) is 4.65. The molecule has 1 aliphatic rings. The molecule has 0 amide bonds. The van der Waals surface area contributed by atoms with Crippen LogP contribution in [-0.4, -0.2) is 44.4 Å². The van der Waals surface area contributed by atoms with Crippen molar-refractivity contribution in [3.8, 4) is 0 Å². The van der Waals surface area contributed by atoms with E-state index in [-0.39, 0.29) is 46.6 Å². The quantitative estimate of drug-likeness (QED) is 0.525. The molecule has 0 fully saturated rings. The van der Waals surface area contributed by atoms with E-state index in [0.29, 0.717) is 31.4 Å². The lowest BCUT2D eigenvalue weighted by Gasteiger charge is -2.29. The Bertz CT molecular complexity index is 1030. The van der Waals surface area contributed by atoms with Gasteiger partial charge < -0.3 is 20.5 Å². The van der Waals surface area contributed by atoms with Gasteiger partial charge in [0.05, 0.1) is 11.9 Å². The summed E-state index contributed by atoms with van der Waals surface area (Å²) in [5, 5.41) is 11.1. The van der Waals surface area contributed by atoms with Gasteiger partial charge >= 0.3 is 6.18 Å². The molecule has 0 unspecified atom stereocenters. The van der Waals surface area contributed by atoms with Crippen LogP contribution in [0.25, 0.3) is 10.2 Å². The molecule has 0 atom stereocenters. The number of hydrogen-bond donors (Lipinski definition) is 2. The summed E-state index contributed by atoms with van der Waals surface area (Å²) in [6.45, 7) is 3.79. The predicted molar refractivity (Wildman–Crippen MR) is 124 cm³/mol. The average molecular weight is 503 g/mol. The highest BCUT2D eigenvalue weighted by molar-refractivity contribution is 7.18. The van der Waals surface area contributed by atoms with Crippen LogP contribution in [0.15, 0.2) is 6.07 Å². The van der Waals surface area contributed by atoms with E-state index in [1.54, 1.807) is 11.3 Å². The molecule has 31 heavy (non-hydrogen) atoms. The fourth-order valence-electron chi connectivity index (χ4n) is 3.38. The molecule has 0 spiro atoms. The van der Waals surface area contributed by atoms with Gasteiger partial charge in [0.1, 0.15) is 10.6 Å². The molecule has 3 aromatic rings. The van der Waals surface area contributed by atoms with E-state index < -0.39 is 12.0 Å². The van der Waals surface area contributed by atoms with Crippen LogP contribution in [0.3, 0.4) is 0 Å². The first-order chi connectivity index (χ1) is 13.9. The number of nitrogens with zero attached hydrogens (tertiary/aromatic N) is 6. The second-order valence-corrected chi connectivity index (χ2v) is 7.89. The summed E-state index contributed by atoms with van der Waals surface area (Å²) < 4.78 is 40.5. The summed E-state index contributed by atoms with van der Waals surface area (Å²) in [7, 11) is 0. The standard InChI is InChI=1S/C17H21F3N8S.2ClH.2H2/c1-2-3-10-8-11-13(23-16(22-5-4-21)24-14(11)29-10)27-6-7-28-12(9-27)25-26-15(28)17(18,19)20;;;;/h8H,2-7,9,21H2,1H3,(H,22,23,24);4*1H. The van der Waals surface area contributed by atoms with Gasteiger partial charge in [-0.2, -0.15) is 18.2 Å². The summed E-state index contributed by atoms with van der Waals surface area (Å²) in [6, 6.07) is 2.08. The van der Waals surface area contributed by atoms with Gasteiger partial charge in [-0.15, -0.1) is 46.3 Å². The van der Waals surface area contributed by atoms with Crippen molar-refractivity contribution in [3.05, 3.63) is 22.6 Å². The van der Waals surface area contributed by atoms with Gasteiger partial charge in [-0.1, -0.05) is 13.3 Å². The highest BCUT2D eigenvalue weighted by Crippen LogP contribution is 2.35. The van der Waals surface area contributed by atoms with Crippen molar-refractivity contribution in [1.82, 2.24) is 24.7 Å². The topological polar surface area (TPSA) is 97.8 Å². The fourth-order valence-corrected chi connectivity index (χ4v) is 4.50. The van der Waals surface area contributed by atoms with Crippen LogP contribution in [0.2, 0.25) is 0 Å². The first-order valence-corrected chi connectivity index (χ1v) is 10.2. The molecular weight excluding hydrogens is 476 g/mol. The van der Waals surface area contributed by atoms with Gasteiger partial charge in [-0.3, -0.25) is 0 Å². The highest BCUT2D eigenvalue weighted by atomic mass is 35.5. The van der Waals surface area contributed by atoms with E-state index in [0.717, 1.165) is 27.6 Å². The van der Waals surface area contributed by atoms with Crippen LogP contribution in [0.1, 0.15) is 32.7 Å². The summed E-state index contributed by atoms with van der Waals surface area (Å²) in [5.74, 6) is 0.476. The molecule has 1 aliphatic heterocycles. The highest BCUT2D eigenvalue weighted by Gasteiger charge is 2.39. The maximum Gasteiger partial charge on any atom is 0.451 e. The predicted octanol–water partition coefficient (Wildman–Crippen LogP) is 3.98. The number of aryl methyl sites for hydroxylation is 1. The smallest absolute Gasteiger partial charge is 0.353 e. The molecule has 176 valence electrons. The summed E-state index contributed by atoms with van der Waals surface area (Å²) in [5.41, 5.74) is 5.57. The van der Waals surface area contributed by atoms with Crippen molar-refractivity contribution >= 4 is 58.1 Å². The Kier molecular flexibility index (Phi) is 8.31. The molecule has 0 radical (unpaired) electrons. The van der Waals surface area contributed by atoms with E-state index >= 15 is 0 Å². The molecule has 14 heteroatoms. The molecule has 4 heterocycles. The normalized spacial score (nSPS) is 13.5. The number of rotatable bonds is 6. The van der Waals surface area contributed by atoms with Crippen molar-refractivity contribution in [2.45, 2.75) is 39.0 Å². The van der Waals surface area contributed by atoms with E-state index in [1.807, 2.05) is 4.90 Å². The van der Waals surface area contributed by atoms with Crippen molar-refractivity contribution in [3.63, 3.8) is 0 Å². The first-order valence-electron chi connectivity index (χ1n) is 9.39. The minimum atomic E-state index is -4.52. The van der Waals surface area contributed by atoms with Crippen molar-refractivity contribution in [1.29, 1.82) is 0 Å². The number of aromatic nitrogens is 5. The van der Waals surface area contributed by atoms with Crippen LogP contribution in [-0.2, 0) is 25.7 Å². The number of alkyl halides is 3. The van der Waals surface area contributed by atoms with Crippen molar-refractivity contribution in [2.75, 3.05) is 29.9 Å². The zero-order chi connectivity index (χ0) is 20.6. The van der Waals surface area contributed by atoms with Gasteiger partial charge in [0.25, 0.3) is 0 Å². The molecule has 8 nitrogen and oxygen atoms in total. The monoisotopic (exact) mass is 502 g/mol. The molecule has 0 aromatic carbocycles. The maximum atomic E-state index is 13.1. The number of hydrogen-bond acceptors (Lipinski definition) is 8. The SMILES string of the molecule is CCCc1cc2c(N3CCn4c(nnc4C(F)(F)F)C3)nc(NCCN)nc2s1.Cl.Cl.[HH].[HH]. The fraction of sp³-hybridized carbons (Fsp3) is 0.529. The molecule has 0 saturated carbocycles. The Balaban J connectivity index is 0.00000256. The summed E-state index contributed by atoms with van der Waals surface area (Å²) >= 11 is 1.61. The van der Waals surface area contributed by atoms with Crippen molar-refractivity contribution in [2.24, 2.45) is 5.73 Å². The lowest BCUT2D eigenvalue weighted by molar-refractivity contribution is -0.147. The van der Waals surface area contributed by atoms with E-state index in [1.165, 1.54) is 4.88 Å². The molecule has 0 bridgehead atoms. The van der Waals surface area contributed by atoms with E-state index in [2.05, 4.69) is 38.5 Å².